The summed E-state index contributed by atoms with van der Waals surface area (Å²) in [5.74, 6) is 1.60. The highest BCUT2D eigenvalue weighted by molar-refractivity contribution is 4.82. The van der Waals surface area contributed by atoms with Gasteiger partial charge in [0, 0.05) is 6.04 Å². The van der Waals surface area contributed by atoms with Crippen LogP contribution in [0.25, 0.3) is 0 Å². The van der Waals surface area contributed by atoms with Gasteiger partial charge in [-0.2, -0.15) is 0 Å². The second kappa shape index (κ2) is 5.61. The first-order valence-electron chi connectivity index (χ1n) is 5.69. The normalized spacial score (nSPS) is 26.3. The Morgan fingerprint density at radius 2 is 2.23 bits per heavy atom. The van der Waals surface area contributed by atoms with E-state index >= 15 is 0 Å². The Hall–Kier alpha value is -0.0800. The van der Waals surface area contributed by atoms with E-state index in [2.05, 4.69) is 31.4 Å². The predicted molar refractivity (Wildman–Crippen MR) is 57.9 cm³/mol. The van der Waals surface area contributed by atoms with Crippen molar-refractivity contribution in [3.05, 3.63) is 0 Å². The fourth-order valence-corrected chi connectivity index (χ4v) is 2.37. The van der Waals surface area contributed by atoms with E-state index < -0.39 is 0 Å². The minimum absolute atomic E-state index is 0.706. The summed E-state index contributed by atoms with van der Waals surface area (Å²) >= 11 is 0. The quantitative estimate of drug-likeness (QED) is 0.694. The summed E-state index contributed by atoms with van der Waals surface area (Å²) in [6, 6.07) is 0.706. The van der Waals surface area contributed by atoms with Gasteiger partial charge in [0.25, 0.3) is 0 Å². The van der Waals surface area contributed by atoms with Crippen LogP contribution in [0.4, 0.5) is 0 Å². The lowest BCUT2D eigenvalue weighted by Crippen LogP contribution is -2.46. The van der Waals surface area contributed by atoms with Crippen molar-refractivity contribution in [3.63, 3.8) is 0 Å². The SMILES string of the molecule is CCN[C@H](C(C)C)[C@H]1CCCNC1. The molecule has 1 aliphatic rings. The first kappa shape index (κ1) is 11.0. The smallest absolute Gasteiger partial charge is 0.0130 e. The van der Waals surface area contributed by atoms with Gasteiger partial charge >= 0.3 is 0 Å². The van der Waals surface area contributed by atoms with Gasteiger partial charge in [-0.3, -0.25) is 0 Å². The van der Waals surface area contributed by atoms with E-state index in [1.165, 1.54) is 25.9 Å². The van der Waals surface area contributed by atoms with Crippen LogP contribution in [0.2, 0.25) is 0 Å². The molecule has 0 aromatic rings. The number of piperidine rings is 1. The van der Waals surface area contributed by atoms with Crippen molar-refractivity contribution in [3.8, 4) is 0 Å². The van der Waals surface area contributed by atoms with Crippen molar-refractivity contribution in [1.29, 1.82) is 0 Å². The fourth-order valence-electron chi connectivity index (χ4n) is 2.37. The molecule has 0 amide bonds. The lowest BCUT2D eigenvalue weighted by Gasteiger charge is -2.33. The highest BCUT2D eigenvalue weighted by Gasteiger charge is 2.24. The average Bonchev–Trinajstić information content (AvgIpc) is 2.15. The highest BCUT2D eigenvalue weighted by Crippen LogP contribution is 2.19. The van der Waals surface area contributed by atoms with Crippen molar-refractivity contribution in [2.75, 3.05) is 19.6 Å². The van der Waals surface area contributed by atoms with Gasteiger partial charge < -0.3 is 10.6 Å². The largest absolute Gasteiger partial charge is 0.316 e. The molecule has 1 heterocycles. The summed E-state index contributed by atoms with van der Waals surface area (Å²) in [6.07, 6.45) is 2.74. The second-order valence-corrected chi connectivity index (χ2v) is 4.43. The van der Waals surface area contributed by atoms with Crippen LogP contribution in [-0.4, -0.2) is 25.7 Å². The zero-order chi connectivity index (χ0) is 9.68. The Morgan fingerprint density at radius 3 is 2.69 bits per heavy atom. The molecule has 1 rings (SSSR count). The molecule has 2 heteroatoms. The van der Waals surface area contributed by atoms with Gasteiger partial charge in [-0.05, 0) is 44.3 Å². The van der Waals surface area contributed by atoms with Gasteiger partial charge in [-0.1, -0.05) is 20.8 Å². The number of hydrogen-bond acceptors (Lipinski definition) is 2. The van der Waals surface area contributed by atoms with Crippen LogP contribution in [0, 0.1) is 11.8 Å². The molecule has 2 atom stereocenters. The van der Waals surface area contributed by atoms with Gasteiger partial charge in [-0.25, -0.2) is 0 Å². The molecule has 0 spiro atoms. The molecule has 1 fully saturated rings. The average molecular weight is 184 g/mol. The first-order valence-corrected chi connectivity index (χ1v) is 5.69. The van der Waals surface area contributed by atoms with Crippen LogP contribution in [-0.2, 0) is 0 Å². The lowest BCUT2D eigenvalue weighted by atomic mass is 9.85. The molecule has 1 aliphatic heterocycles. The van der Waals surface area contributed by atoms with Crippen LogP contribution < -0.4 is 10.6 Å². The molecule has 0 aromatic heterocycles. The number of hydrogen-bond donors (Lipinski definition) is 2. The summed E-state index contributed by atoms with van der Waals surface area (Å²) in [6.45, 7) is 10.4. The molecule has 13 heavy (non-hydrogen) atoms. The second-order valence-electron chi connectivity index (χ2n) is 4.43. The summed E-state index contributed by atoms with van der Waals surface area (Å²) in [5, 5.41) is 7.10. The standard InChI is InChI=1S/C11H24N2/c1-4-13-11(9(2)3)10-6-5-7-12-8-10/h9-13H,4-8H2,1-3H3/t10-,11+/m0/s1. The van der Waals surface area contributed by atoms with E-state index in [0.717, 1.165) is 18.4 Å². The lowest BCUT2D eigenvalue weighted by molar-refractivity contribution is 0.238. The molecule has 2 N–H and O–H groups in total. The third kappa shape index (κ3) is 3.28. The first-order chi connectivity index (χ1) is 6.25. The van der Waals surface area contributed by atoms with Crippen molar-refractivity contribution >= 4 is 0 Å². The molecule has 1 saturated heterocycles. The van der Waals surface area contributed by atoms with Crippen LogP contribution in [0.3, 0.4) is 0 Å². The van der Waals surface area contributed by atoms with E-state index in [-0.39, 0.29) is 0 Å². The van der Waals surface area contributed by atoms with E-state index in [9.17, 15) is 0 Å². The van der Waals surface area contributed by atoms with Gasteiger partial charge in [0.15, 0.2) is 0 Å². The van der Waals surface area contributed by atoms with Gasteiger partial charge in [0.2, 0.25) is 0 Å². The Bertz CT molecular complexity index is 128. The molecule has 2 nitrogen and oxygen atoms in total. The summed E-state index contributed by atoms with van der Waals surface area (Å²) in [7, 11) is 0. The van der Waals surface area contributed by atoms with Crippen molar-refractivity contribution in [2.45, 2.75) is 39.7 Å². The van der Waals surface area contributed by atoms with E-state index in [0.29, 0.717) is 6.04 Å². The molecule has 0 saturated carbocycles. The third-order valence-electron chi connectivity index (χ3n) is 3.00. The van der Waals surface area contributed by atoms with Gasteiger partial charge in [0.1, 0.15) is 0 Å². The van der Waals surface area contributed by atoms with E-state index in [1.807, 2.05) is 0 Å². The minimum atomic E-state index is 0.706. The zero-order valence-electron chi connectivity index (χ0n) is 9.27. The van der Waals surface area contributed by atoms with E-state index in [4.69, 9.17) is 0 Å². The predicted octanol–water partition coefficient (Wildman–Crippen LogP) is 1.62. The van der Waals surface area contributed by atoms with Crippen LogP contribution >= 0.6 is 0 Å². The Balaban J connectivity index is 2.41. The van der Waals surface area contributed by atoms with Gasteiger partial charge in [-0.15, -0.1) is 0 Å². The zero-order valence-corrected chi connectivity index (χ0v) is 9.27. The minimum Gasteiger partial charge on any atom is -0.316 e. The van der Waals surface area contributed by atoms with Crippen LogP contribution in [0.15, 0.2) is 0 Å². The highest BCUT2D eigenvalue weighted by atomic mass is 15.0. The summed E-state index contributed by atoms with van der Waals surface area (Å²) < 4.78 is 0. The maximum atomic E-state index is 3.61. The van der Waals surface area contributed by atoms with Crippen molar-refractivity contribution in [1.82, 2.24) is 10.6 Å². The Kier molecular flexibility index (Phi) is 4.74. The fraction of sp³-hybridized carbons (Fsp3) is 1.00. The molecule has 0 aliphatic carbocycles. The van der Waals surface area contributed by atoms with Crippen molar-refractivity contribution in [2.24, 2.45) is 11.8 Å². The van der Waals surface area contributed by atoms with Gasteiger partial charge in [0.05, 0.1) is 0 Å². The summed E-state index contributed by atoms with van der Waals surface area (Å²) in [5.41, 5.74) is 0. The molecular formula is C11H24N2. The third-order valence-corrected chi connectivity index (χ3v) is 3.00. The molecule has 0 radical (unpaired) electrons. The van der Waals surface area contributed by atoms with Crippen LogP contribution in [0.1, 0.15) is 33.6 Å². The molecule has 0 unspecified atom stereocenters. The molecule has 78 valence electrons. The van der Waals surface area contributed by atoms with Crippen LogP contribution in [0.5, 0.6) is 0 Å². The Labute approximate surface area is 82.5 Å². The van der Waals surface area contributed by atoms with Crippen molar-refractivity contribution < 1.29 is 0 Å². The maximum Gasteiger partial charge on any atom is 0.0130 e. The summed E-state index contributed by atoms with van der Waals surface area (Å²) in [4.78, 5) is 0. The number of rotatable bonds is 4. The monoisotopic (exact) mass is 184 g/mol. The molecule has 0 bridgehead atoms. The van der Waals surface area contributed by atoms with E-state index in [1.54, 1.807) is 0 Å². The molecule has 0 aromatic carbocycles. The Morgan fingerprint density at radius 1 is 1.46 bits per heavy atom. The number of nitrogens with one attached hydrogen (secondary N) is 2. The molecular weight excluding hydrogens is 160 g/mol. The maximum absolute atomic E-state index is 3.61. The topological polar surface area (TPSA) is 24.1 Å².